The molecule has 0 amide bonds. The highest BCUT2D eigenvalue weighted by Gasteiger charge is 2.32. The number of halogens is 5. The second kappa shape index (κ2) is 10.3. The lowest BCUT2D eigenvalue weighted by atomic mass is 10.1. The summed E-state index contributed by atoms with van der Waals surface area (Å²) < 4.78 is 91.2. The van der Waals surface area contributed by atoms with Gasteiger partial charge >= 0.3 is 6.18 Å². The minimum Gasteiger partial charge on any atom is -0.385 e. The first-order chi connectivity index (χ1) is 14.8. The number of benzene rings is 1. The fourth-order valence-corrected chi connectivity index (χ4v) is 3.51. The van der Waals surface area contributed by atoms with Crippen LogP contribution in [0.1, 0.15) is 48.8 Å². The normalized spacial score (nSPS) is 13.4. The second-order valence-corrected chi connectivity index (χ2v) is 9.03. The van der Waals surface area contributed by atoms with Gasteiger partial charge in [-0.1, -0.05) is 25.5 Å². The van der Waals surface area contributed by atoms with Crippen molar-refractivity contribution in [3.63, 3.8) is 0 Å². The van der Waals surface area contributed by atoms with Gasteiger partial charge in [-0.25, -0.2) is 22.2 Å². The molecular weight excluding hydrogens is 453 g/mol. The third-order valence-corrected chi connectivity index (χ3v) is 5.07. The zero-order valence-electron chi connectivity index (χ0n) is 17.7. The summed E-state index contributed by atoms with van der Waals surface area (Å²) in [7, 11) is -3.84. The van der Waals surface area contributed by atoms with Gasteiger partial charge in [-0.3, -0.25) is 4.72 Å². The summed E-state index contributed by atoms with van der Waals surface area (Å²) in [6.07, 6.45) is 0.853. The Bertz CT molecular complexity index is 1060. The molecule has 0 radical (unpaired) electrons. The first kappa shape index (κ1) is 25.6. The fourth-order valence-electron chi connectivity index (χ4n) is 2.95. The minimum absolute atomic E-state index is 0.242. The van der Waals surface area contributed by atoms with Gasteiger partial charge in [0, 0.05) is 11.7 Å². The van der Waals surface area contributed by atoms with Crippen molar-refractivity contribution in [1.29, 1.82) is 0 Å². The van der Waals surface area contributed by atoms with Crippen LogP contribution in [0.5, 0.6) is 0 Å². The van der Waals surface area contributed by atoms with Gasteiger partial charge in [-0.15, -0.1) is 0 Å². The van der Waals surface area contributed by atoms with Crippen LogP contribution < -0.4 is 10.0 Å². The van der Waals surface area contributed by atoms with Crippen molar-refractivity contribution in [3.05, 3.63) is 70.7 Å². The number of pyridine rings is 1. The van der Waals surface area contributed by atoms with Crippen molar-refractivity contribution in [3.8, 4) is 0 Å². The van der Waals surface area contributed by atoms with Crippen molar-refractivity contribution >= 4 is 15.7 Å². The molecule has 176 valence electrons. The van der Waals surface area contributed by atoms with Crippen LogP contribution in [0.25, 0.3) is 0 Å². The Morgan fingerprint density at radius 3 is 2.31 bits per heavy atom. The molecule has 0 bridgehead atoms. The molecule has 0 saturated heterocycles. The van der Waals surface area contributed by atoms with Crippen LogP contribution in [0.2, 0.25) is 0 Å². The van der Waals surface area contributed by atoms with E-state index in [2.05, 4.69) is 10.3 Å². The van der Waals surface area contributed by atoms with Crippen LogP contribution in [0.4, 0.5) is 27.6 Å². The lowest BCUT2D eigenvalue weighted by Gasteiger charge is -2.15. The molecule has 0 fully saturated rings. The summed E-state index contributed by atoms with van der Waals surface area (Å²) in [4.78, 5) is 3.74. The lowest BCUT2D eigenvalue weighted by molar-refractivity contribution is -0.141. The van der Waals surface area contributed by atoms with E-state index >= 15 is 0 Å². The Morgan fingerprint density at radius 1 is 1.16 bits per heavy atom. The largest absolute Gasteiger partial charge is 0.433 e. The molecule has 0 aliphatic heterocycles. The van der Waals surface area contributed by atoms with E-state index in [0.717, 1.165) is 24.5 Å². The number of aryl methyl sites for hydroxylation is 1. The number of hydrogen-bond donors (Lipinski definition) is 2. The van der Waals surface area contributed by atoms with E-state index in [1.807, 2.05) is 6.92 Å². The zero-order valence-corrected chi connectivity index (χ0v) is 18.5. The topological polar surface area (TPSA) is 71.1 Å². The lowest BCUT2D eigenvalue weighted by Crippen LogP contribution is -2.15. The van der Waals surface area contributed by atoms with Gasteiger partial charge in [-0.2, -0.15) is 13.2 Å². The maximum Gasteiger partial charge on any atom is 0.433 e. The number of nitrogens with one attached hydrogen (secondary N) is 2. The average Bonchev–Trinajstić information content (AvgIpc) is 2.67. The summed E-state index contributed by atoms with van der Waals surface area (Å²) in [6, 6.07) is 3.84. The molecule has 2 N–H and O–H groups in total. The predicted molar refractivity (Wildman–Crippen MR) is 112 cm³/mol. The summed E-state index contributed by atoms with van der Waals surface area (Å²) in [5, 5.41) is 2.93. The highest BCUT2D eigenvalue weighted by atomic mass is 32.2. The maximum absolute atomic E-state index is 14.1. The van der Waals surface area contributed by atoms with Gasteiger partial charge in [0.2, 0.25) is 10.0 Å². The molecule has 0 aliphatic rings. The molecule has 2 aromatic rings. The first-order valence-corrected chi connectivity index (χ1v) is 11.6. The molecule has 1 aromatic carbocycles. The van der Waals surface area contributed by atoms with E-state index in [1.165, 1.54) is 12.3 Å². The Kier molecular flexibility index (Phi) is 8.22. The molecular formula is C21H24F5N3O2S. The molecule has 0 saturated carbocycles. The van der Waals surface area contributed by atoms with Crippen LogP contribution in [0.3, 0.4) is 0 Å². The molecule has 1 heterocycles. The SMILES string of the molecule is CCCc1nc(C(F)(F)F)ccc1CC=CN[C@H](C)c1cc(F)c(NS(C)(=O)=O)c(F)c1. The highest BCUT2D eigenvalue weighted by molar-refractivity contribution is 7.92. The first-order valence-electron chi connectivity index (χ1n) is 9.75. The third-order valence-electron chi connectivity index (χ3n) is 4.50. The molecule has 11 heteroatoms. The fraction of sp³-hybridized carbons (Fsp3) is 0.381. The zero-order chi connectivity index (χ0) is 24.1. The molecule has 32 heavy (non-hydrogen) atoms. The van der Waals surface area contributed by atoms with Crippen molar-refractivity contribution in [2.45, 2.75) is 45.3 Å². The number of nitrogens with zero attached hydrogens (tertiary/aromatic N) is 1. The molecule has 1 aromatic heterocycles. The highest BCUT2D eigenvalue weighted by Crippen LogP contribution is 2.29. The predicted octanol–water partition coefficient (Wildman–Crippen LogP) is 5.11. The summed E-state index contributed by atoms with van der Waals surface area (Å²) >= 11 is 0. The van der Waals surface area contributed by atoms with E-state index in [-0.39, 0.29) is 5.56 Å². The monoisotopic (exact) mass is 477 g/mol. The van der Waals surface area contributed by atoms with Gasteiger partial charge < -0.3 is 5.32 Å². The van der Waals surface area contributed by atoms with Crippen molar-refractivity contribution < 1.29 is 30.4 Å². The molecule has 0 aliphatic carbocycles. The Hall–Kier alpha value is -2.69. The van der Waals surface area contributed by atoms with E-state index in [1.54, 1.807) is 17.7 Å². The van der Waals surface area contributed by atoms with Crippen LogP contribution in [-0.2, 0) is 29.0 Å². The summed E-state index contributed by atoms with van der Waals surface area (Å²) in [6.45, 7) is 3.49. The number of sulfonamides is 1. The summed E-state index contributed by atoms with van der Waals surface area (Å²) in [5.41, 5.74) is -0.418. The number of aromatic nitrogens is 1. The van der Waals surface area contributed by atoms with Crippen LogP contribution in [0.15, 0.2) is 36.5 Å². The second-order valence-electron chi connectivity index (χ2n) is 7.28. The number of alkyl halides is 3. The van der Waals surface area contributed by atoms with Crippen LogP contribution in [-0.4, -0.2) is 19.7 Å². The Labute approximate surface area is 183 Å². The maximum atomic E-state index is 14.1. The molecule has 0 spiro atoms. The van der Waals surface area contributed by atoms with E-state index in [4.69, 9.17) is 0 Å². The van der Waals surface area contributed by atoms with Gasteiger partial charge in [0.05, 0.1) is 6.26 Å². The third kappa shape index (κ3) is 7.18. The summed E-state index contributed by atoms with van der Waals surface area (Å²) in [5.74, 6) is -2.11. The van der Waals surface area contributed by atoms with E-state index in [9.17, 15) is 30.4 Å². The van der Waals surface area contributed by atoms with Crippen molar-refractivity contribution in [2.75, 3.05) is 11.0 Å². The molecule has 5 nitrogen and oxygen atoms in total. The van der Waals surface area contributed by atoms with Gasteiger partial charge in [-0.05, 0) is 55.3 Å². The van der Waals surface area contributed by atoms with Crippen molar-refractivity contribution in [1.82, 2.24) is 10.3 Å². The Morgan fingerprint density at radius 2 is 1.78 bits per heavy atom. The minimum atomic E-state index is -4.51. The number of rotatable bonds is 9. The number of anilines is 1. The molecule has 0 unspecified atom stereocenters. The number of allylic oxidation sites excluding steroid dienone is 1. The van der Waals surface area contributed by atoms with Crippen LogP contribution >= 0.6 is 0 Å². The van der Waals surface area contributed by atoms with Gasteiger partial charge in [0.1, 0.15) is 11.4 Å². The average molecular weight is 477 g/mol. The standard InChI is InChI=1S/C21H24F5N3O2S/c1-4-6-18-14(8-9-19(28-18)21(24,25)26)7-5-10-27-13(2)15-11-16(22)20(17(23)12-15)29-32(3,30)31/h5,8-13,27,29H,4,6-7H2,1-3H3/t13-/m1/s1. The van der Waals surface area contributed by atoms with E-state index in [0.29, 0.717) is 30.5 Å². The van der Waals surface area contributed by atoms with Crippen LogP contribution in [0, 0.1) is 11.6 Å². The Balaban J connectivity index is 2.09. The quantitative estimate of drug-likeness (QED) is 0.493. The van der Waals surface area contributed by atoms with Gasteiger partial charge in [0.15, 0.2) is 11.6 Å². The van der Waals surface area contributed by atoms with Gasteiger partial charge in [0.25, 0.3) is 0 Å². The van der Waals surface area contributed by atoms with E-state index < -0.39 is 45.3 Å². The smallest absolute Gasteiger partial charge is 0.385 e. The van der Waals surface area contributed by atoms with Crippen molar-refractivity contribution in [2.24, 2.45) is 0 Å². The molecule has 2 rings (SSSR count). The molecule has 1 atom stereocenters. The number of hydrogen-bond acceptors (Lipinski definition) is 4.